The van der Waals surface area contributed by atoms with Gasteiger partial charge in [-0.15, -0.1) is 0 Å². The second kappa shape index (κ2) is 15.1. The van der Waals surface area contributed by atoms with Crippen molar-refractivity contribution in [3.63, 3.8) is 0 Å². The van der Waals surface area contributed by atoms with Crippen LogP contribution in [-0.4, -0.2) is 50.5 Å². The third kappa shape index (κ3) is 11.8. The summed E-state index contributed by atoms with van der Waals surface area (Å²) in [6.45, 7) is 3.45. The van der Waals surface area contributed by atoms with Crippen LogP contribution in [-0.2, 0) is 9.53 Å². The van der Waals surface area contributed by atoms with E-state index in [-0.39, 0.29) is 11.8 Å². The summed E-state index contributed by atoms with van der Waals surface area (Å²) in [6, 6.07) is 7.42. The van der Waals surface area contributed by atoms with Gasteiger partial charge in [0, 0.05) is 12.0 Å². The molecule has 0 N–H and O–H groups in total. The quantitative estimate of drug-likeness (QED) is 0.228. The molecule has 0 saturated heterocycles. The van der Waals surface area contributed by atoms with E-state index in [2.05, 4.69) is 0 Å². The fraction of sp³-hybridized carbons (Fsp3) is 0.652. The van der Waals surface area contributed by atoms with Gasteiger partial charge in [0.2, 0.25) is 0 Å². The molecule has 0 aliphatic carbocycles. The van der Waals surface area contributed by atoms with Crippen LogP contribution in [0.4, 0.5) is 0 Å². The van der Waals surface area contributed by atoms with Crippen LogP contribution in [0.1, 0.15) is 75.1 Å². The summed E-state index contributed by atoms with van der Waals surface area (Å²) in [5, 5.41) is 0. The first-order valence-corrected chi connectivity index (χ1v) is 10.6. The van der Waals surface area contributed by atoms with Gasteiger partial charge in [-0.3, -0.25) is 9.59 Å². The first kappa shape index (κ1) is 24.2. The van der Waals surface area contributed by atoms with Gasteiger partial charge in [-0.25, -0.2) is 0 Å². The van der Waals surface area contributed by atoms with Crippen LogP contribution in [0.3, 0.4) is 0 Å². The largest absolute Gasteiger partial charge is 0.494 e. The molecule has 0 fully saturated rings. The molecule has 0 heterocycles. The predicted octanol–water partition coefficient (Wildman–Crippen LogP) is 4.88. The molecule has 0 unspecified atom stereocenters. The molecule has 1 aromatic rings. The second-order valence-corrected chi connectivity index (χ2v) is 7.42. The number of Topliss-reactive ketones (excluding diaryl/α,β-unsaturated/α-hetero) is 1. The Hall–Kier alpha value is -1.88. The van der Waals surface area contributed by atoms with Crippen LogP contribution in [0, 0.1) is 0 Å². The number of nitrogens with zero attached hydrogens (tertiary/aromatic N) is 1. The highest BCUT2D eigenvalue weighted by Crippen LogP contribution is 2.14. The number of ketones is 1. The zero-order valence-corrected chi connectivity index (χ0v) is 17.9. The van der Waals surface area contributed by atoms with Crippen molar-refractivity contribution in [1.29, 1.82) is 0 Å². The standard InChI is InChI=1S/C23H37NO4/c1-4-27-23(26)13-11-9-7-5-6-8-10-12-18-28-21-16-14-20(15-17-21)22(25)19-24(2)3/h14-17H,4-13,18-19H2,1-3H3. The van der Waals surface area contributed by atoms with E-state index in [9.17, 15) is 9.59 Å². The Labute approximate surface area is 170 Å². The highest BCUT2D eigenvalue weighted by atomic mass is 16.5. The Morgan fingerprint density at radius 2 is 1.43 bits per heavy atom. The third-order valence-corrected chi connectivity index (χ3v) is 4.49. The molecule has 5 heteroatoms. The second-order valence-electron chi connectivity index (χ2n) is 7.42. The topological polar surface area (TPSA) is 55.8 Å². The first-order chi connectivity index (χ1) is 13.5. The maximum Gasteiger partial charge on any atom is 0.305 e. The average molecular weight is 392 g/mol. The van der Waals surface area contributed by atoms with Crippen molar-refractivity contribution in [2.45, 2.75) is 64.7 Å². The number of carbonyl (C=O) groups is 2. The van der Waals surface area contributed by atoms with Crippen molar-refractivity contribution < 1.29 is 19.1 Å². The van der Waals surface area contributed by atoms with Gasteiger partial charge in [0.15, 0.2) is 5.78 Å². The van der Waals surface area contributed by atoms with E-state index in [1.807, 2.05) is 50.2 Å². The van der Waals surface area contributed by atoms with Gasteiger partial charge >= 0.3 is 5.97 Å². The third-order valence-electron chi connectivity index (χ3n) is 4.49. The number of hydrogen-bond donors (Lipinski definition) is 0. The van der Waals surface area contributed by atoms with Crippen molar-refractivity contribution >= 4 is 11.8 Å². The van der Waals surface area contributed by atoms with E-state index in [0.717, 1.165) is 30.6 Å². The highest BCUT2D eigenvalue weighted by Gasteiger charge is 2.07. The van der Waals surface area contributed by atoms with Crippen molar-refractivity contribution in [2.24, 2.45) is 0 Å². The van der Waals surface area contributed by atoms with Gasteiger partial charge in [-0.1, -0.05) is 38.5 Å². The molecule has 0 aliphatic heterocycles. The molecule has 0 aliphatic rings. The molecule has 0 radical (unpaired) electrons. The number of likely N-dealkylation sites (N-methyl/N-ethyl adjacent to an activating group) is 1. The number of hydrogen-bond acceptors (Lipinski definition) is 5. The minimum Gasteiger partial charge on any atom is -0.494 e. The number of benzene rings is 1. The molecule has 1 aromatic carbocycles. The Bertz CT molecular complexity index is 554. The van der Waals surface area contributed by atoms with Crippen LogP contribution < -0.4 is 4.74 Å². The van der Waals surface area contributed by atoms with Gasteiger partial charge in [0.25, 0.3) is 0 Å². The fourth-order valence-electron chi connectivity index (χ4n) is 2.97. The van der Waals surface area contributed by atoms with Crippen molar-refractivity contribution in [3.8, 4) is 5.75 Å². The molecule has 0 amide bonds. The maximum atomic E-state index is 12.0. The van der Waals surface area contributed by atoms with Crippen LogP contribution in [0.5, 0.6) is 5.75 Å². The summed E-state index contributed by atoms with van der Waals surface area (Å²) in [5.74, 6) is 0.873. The Morgan fingerprint density at radius 3 is 2.00 bits per heavy atom. The van der Waals surface area contributed by atoms with Crippen LogP contribution >= 0.6 is 0 Å². The molecule has 28 heavy (non-hydrogen) atoms. The van der Waals surface area contributed by atoms with Gasteiger partial charge < -0.3 is 14.4 Å². The summed E-state index contributed by atoms with van der Waals surface area (Å²) in [4.78, 5) is 25.0. The van der Waals surface area contributed by atoms with Gasteiger partial charge in [-0.05, 0) is 58.1 Å². The van der Waals surface area contributed by atoms with Crippen LogP contribution in [0.15, 0.2) is 24.3 Å². The minimum atomic E-state index is -0.0719. The lowest BCUT2D eigenvalue weighted by Gasteiger charge is -2.09. The predicted molar refractivity (Wildman–Crippen MR) is 113 cm³/mol. The Kier molecular flexibility index (Phi) is 13.0. The SMILES string of the molecule is CCOC(=O)CCCCCCCCCCOc1ccc(C(=O)CN(C)C)cc1. The molecule has 0 saturated carbocycles. The van der Waals surface area contributed by atoms with E-state index in [1.54, 1.807) is 0 Å². The molecule has 0 aromatic heterocycles. The fourth-order valence-corrected chi connectivity index (χ4v) is 2.97. The summed E-state index contributed by atoms with van der Waals surface area (Å²) < 4.78 is 10.7. The molecule has 0 spiro atoms. The van der Waals surface area contributed by atoms with Crippen molar-refractivity contribution in [3.05, 3.63) is 29.8 Å². The molecular formula is C23H37NO4. The number of rotatable bonds is 16. The van der Waals surface area contributed by atoms with Gasteiger partial charge in [0.05, 0.1) is 19.8 Å². The van der Waals surface area contributed by atoms with E-state index < -0.39 is 0 Å². The lowest BCUT2D eigenvalue weighted by Crippen LogP contribution is -2.21. The molecule has 158 valence electrons. The number of esters is 1. The van der Waals surface area contributed by atoms with E-state index in [4.69, 9.17) is 9.47 Å². The monoisotopic (exact) mass is 391 g/mol. The average Bonchev–Trinajstić information content (AvgIpc) is 2.66. The van der Waals surface area contributed by atoms with E-state index >= 15 is 0 Å². The van der Waals surface area contributed by atoms with Crippen LogP contribution in [0.25, 0.3) is 0 Å². The summed E-state index contributed by atoms with van der Waals surface area (Å²) in [6.07, 6.45) is 9.69. The Morgan fingerprint density at radius 1 is 0.857 bits per heavy atom. The molecule has 0 atom stereocenters. The summed E-state index contributed by atoms with van der Waals surface area (Å²) in [7, 11) is 3.78. The van der Waals surface area contributed by atoms with Gasteiger partial charge in [-0.2, -0.15) is 0 Å². The maximum absolute atomic E-state index is 12.0. The zero-order valence-electron chi connectivity index (χ0n) is 17.9. The molecule has 0 bridgehead atoms. The smallest absolute Gasteiger partial charge is 0.305 e. The summed E-state index contributed by atoms with van der Waals surface area (Å²) >= 11 is 0. The normalized spacial score (nSPS) is 10.9. The number of ether oxygens (including phenoxy) is 2. The van der Waals surface area contributed by atoms with Crippen molar-refractivity contribution in [2.75, 3.05) is 33.9 Å². The van der Waals surface area contributed by atoms with Gasteiger partial charge in [0.1, 0.15) is 5.75 Å². The lowest BCUT2D eigenvalue weighted by molar-refractivity contribution is -0.143. The molecular weight excluding hydrogens is 354 g/mol. The zero-order chi connectivity index (χ0) is 20.6. The lowest BCUT2D eigenvalue weighted by atomic mass is 10.1. The molecule has 5 nitrogen and oxygen atoms in total. The number of carbonyl (C=O) groups excluding carboxylic acids is 2. The minimum absolute atomic E-state index is 0.0719. The van der Waals surface area contributed by atoms with Crippen LogP contribution in [0.2, 0.25) is 0 Å². The highest BCUT2D eigenvalue weighted by molar-refractivity contribution is 5.97. The summed E-state index contributed by atoms with van der Waals surface area (Å²) in [5.41, 5.74) is 0.725. The first-order valence-electron chi connectivity index (χ1n) is 10.6. The molecule has 1 rings (SSSR count). The van der Waals surface area contributed by atoms with Crippen molar-refractivity contribution in [1.82, 2.24) is 4.90 Å². The number of unbranched alkanes of at least 4 members (excludes halogenated alkanes) is 7. The van der Waals surface area contributed by atoms with E-state index in [0.29, 0.717) is 26.2 Å². The van der Waals surface area contributed by atoms with E-state index in [1.165, 1.54) is 32.1 Å². The Balaban J connectivity index is 1.98.